The lowest BCUT2D eigenvalue weighted by Crippen LogP contribution is -2.32. The van der Waals surface area contributed by atoms with Crippen LogP contribution in [0.1, 0.15) is 12.5 Å². The molecule has 0 radical (unpaired) electrons. The van der Waals surface area contributed by atoms with Crippen LogP contribution < -0.4 is 11.5 Å². The molecule has 1 aromatic rings. The van der Waals surface area contributed by atoms with E-state index in [1.54, 1.807) is 6.07 Å². The normalized spacial score (nSPS) is 13.3. The molecule has 0 aliphatic carbocycles. The quantitative estimate of drug-likeness (QED) is 0.552. The average Bonchev–Trinajstić information content (AvgIpc) is 2.29. The van der Waals surface area contributed by atoms with Crippen LogP contribution >= 0.6 is 11.8 Å². The van der Waals surface area contributed by atoms with Crippen LogP contribution in [0.5, 0.6) is 0 Å². The van der Waals surface area contributed by atoms with Crippen molar-refractivity contribution in [1.82, 2.24) is 0 Å². The van der Waals surface area contributed by atoms with E-state index in [1.165, 1.54) is 11.8 Å². The van der Waals surface area contributed by atoms with Crippen molar-refractivity contribution in [3.63, 3.8) is 0 Å². The number of carbonyl (C=O) groups is 1. The zero-order valence-electron chi connectivity index (χ0n) is 10.2. The van der Waals surface area contributed by atoms with Gasteiger partial charge in [0.2, 0.25) is 0 Å². The third-order valence-electron chi connectivity index (χ3n) is 2.21. The number of thioether (sulfide) groups is 1. The molecule has 0 amide bonds. The molecule has 0 heterocycles. The topological polar surface area (TPSA) is 102 Å². The first kappa shape index (κ1) is 14.5. The highest BCUT2D eigenvalue weighted by molar-refractivity contribution is 8.13. The summed E-state index contributed by atoms with van der Waals surface area (Å²) in [7, 11) is 0. The van der Waals surface area contributed by atoms with Gasteiger partial charge in [-0.2, -0.15) is 0 Å². The number of nitrogens with zero attached hydrogens (tertiary/aromatic N) is 1. The van der Waals surface area contributed by atoms with Crippen molar-refractivity contribution in [3.05, 3.63) is 29.8 Å². The van der Waals surface area contributed by atoms with Gasteiger partial charge >= 0.3 is 5.97 Å². The number of nitrogens with two attached hydrogens (primary N) is 2. The Labute approximate surface area is 110 Å². The summed E-state index contributed by atoms with van der Waals surface area (Å²) < 4.78 is 0. The van der Waals surface area contributed by atoms with Crippen LogP contribution in [0, 0.1) is 0 Å². The summed E-state index contributed by atoms with van der Waals surface area (Å²) in [6.07, 6.45) is 0.277. The Kier molecular flexibility index (Phi) is 5.67. The standard InChI is InChI=1S/C12H17N3O2S/c1-2-18-12(14)15-9-5-3-4-8(6-9)7-10(13)11(16)17/h3-6,10H,2,7,13H2,1H3,(H2,14,15)(H,16,17). The minimum absolute atomic E-state index is 0.277. The molecule has 0 aliphatic heterocycles. The fourth-order valence-corrected chi connectivity index (χ4v) is 1.87. The van der Waals surface area contributed by atoms with Gasteiger partial charge in [-0.3, -0.25) is 4.79 Å². The van der Waals surface area contributed by atoms with Crippen molar-refractivity contribution in [2.45, 2.75) is 19.4 Å². The molecule has 1 unspecified atom stereocenters. The monoisotopic (exact) mass is 267 g/mol. The lowest BCUT2D eigenvalue weighted by molar-refractivity contribution is -0.138. The predicted octanol–water partition coefficient (Wildman–Crippen LogP) is 1.34. The largest absolute Gasteiger partial charge is 0.480 e. The van der Waals surface area contributed by atoms with Gasteiger partial charge < -0.3 is 16.6 Å². The van der Waals surface area contributed by atoms with Crippen LogP contribution in [-0.4, -0.2) is 28.0 Å². The maximum absolute atomic E-state index is 10.7. The first-order chi connectivity index (χ1) is 8.52. The minimum atomic E-state index is -1.01. The van der Waals surface area contributed by atoms with Gasteiger partial charge in [-0.1, -0.05) is 30.8 Å². The second kappa shape index (κ2) is 7.03. The molecule has 1 aromatic carbocycles. The van der Waals surface area contributed by atoms with Gasteiger partial charge in [-0.25, -0.2) is 4.99 Å². The molecule has 98 valence electrons. The van der Waals surface area contributed by atoms with Crippen molar-refractivity contribution in [2.24, 2.45) is 16.5 Å². The number of hydrogen-bond acceptors (Lipinski definition) is 4. The smallest absolute Gasteiger partial charge is 0.320 e. The van der Waals surface area contributed by atoms with Gasteiger partial charge in [0.1, 0.15) is 6.04 Å². The summed E-state index contributed by atoms with van der Waals surface area (Å²) in [6, 6.07) is 6.36. The number of benzene rings is 1. The van der Waals surface area contributed by atoms with Crippen LogP contribution in [0.15, 0.2) is 29.3 Å². The zero-order valence-corrected chi connectivity index (χ0v) is 11.0. The highest BCUT2D eigenvalue weighted by Crippen LogP contribution is 2.17. The molecule has 0 saturated carbocycles. The first-order valence-corrected chi connectivity index (χ1v) is 6.55. The van der Waals surface area contributed by atoms with Gasteiger partial charge in [-0.05, 0) is 29.9 Å². The van der Waals surface area contributed by atoms with Crippen LogP contribution in [0.3, 0.4) is 0 Å². The zero-order chi connectivity index (χ0) is 13.5. The lowest BCUT2D eigenvalue weighted by atomic mass is 10.1. The molecule has 5 N–H and O–H groups in total. The molecule has 0 bridgehead atoms. The number of carboxylic acid groups (broad SMARTS) is 1. The van der Waals surface area contributed by atoms with Gasteiger partial charge in [0.25, 0.3) is 0 Å². The van der Waals surface area contributed by atoms with E-state index in [1.807, 2.05) is 25.1 Å². The Morgan fingerprint density at radius 3 is 2.89 bits per heavy atom. The third kappa shape index (κ3) is 4.77. The van der Waals surface area contributed by atoms with Gasteiger partial charge in [0.05, 0.1) is 5.69 Å². The highest BCUT2D eigenvalue weighted by Gasteiger charge is 2.12. The molecule has 0 fully saturated rings. The fraction of sp³-hybridized carbons (Fsp3) is 0.333. The number of carboxylic acids is 1. The van der Waals surface area contributed by atoms with E-state index < -0.39 is 12.0 Å². The van der Waals surface area contributed by atoms with Gasteiger partial charge in [-0.15, -0.1) is 0 Å². The van der Waals surface area contributed by atoms with E-state index in [9.17, 15) is 4.79 Å². The van der Waals surface area contributed by atoms with Crippen LogP contribution in [-0.2, 0) is 11.2 Å². The number of hydrogen-bond donors (Lipinski definition) is 3. The first-order valence-electron chi connectivity index (χ1n) is 5.57. The summed E-state index contributed by atoms with van der Waals surface area (Å²) in [5.74, 6) is -0.149. The summed E-state index contributed by atoms with van der Waals surface area (Å²) in [4.78, 5) is 14.9. The lowest BCUT2D eigenvalue weighted by Gasteiger charge is -2.07. The van der Waals surface area contributed by atoms with E-state index in [0.29, 0.717) is 10.9 Å². The molecule has 1 rings (SSSR count). The van der Waals surface area contributed by atoms with Crippen molar-refractivity contribution in [2.75, 3.05) is 5.75 Å². The van der Waals surface area contributed by atoms with Crippen LogP contribution in [0.4, 0.5) is 5.69 Å². The second-order valence-corrected chi connectivity index (χ2v) is 4.99. The fourth-order valence-electron chi connectivity index (χ4n) is 1.40. The second-order valence-electron chi connectivity index (χ2n) is 3.70. The minimum Gasteiger partial charge on any atom is -0.480 e. The molecule has 0 spiro atoms. The molecular weight excluding hydrogens is 250 g/mol. The number of aliphatic imine (C=N–C) groups is 1. The summed E-state index contributed by atoms with van der Waals surface area (Å²) in [5, 5.41) is 9.25. The van der Waals surface area contributed by atoms with Crippen LogP contribution in [0.2, 0.25) is 0 Å². The molecule has 6 heteroatoms. The summed E-state index contributed by atoms with van der Waals surface area (Å²) in [6.45, 7) is 2.00. The molecule has 5 nitrogen and oxygen atoms in total. The molecule has 1 atom stereocenters. The number of rotatable bonds is 5. The van der Waals surface area contributed by atoms with Crippen molar-refractivity contribution in [3.8, 4) is 0 Å². The number of aliphatic carboxylic acids is 1. The van der Waals surface area contributed by atoms with Crippen molar-refractivity contribution >= 4 is 28.6 Å². The number of amidine groups is 1. The Morgan fingerprint density at radius 2 is 2.28 bits per heavy atom. The Balaban J connectivity index is 2.79. The Bertz CT molecular complexity index is 449. The van der Waals surface area contributed by atoms with Gasteiger partial charge in [0.15, 0.2) is 5.17 Å². The Hall–Kier alpha value is -1.53. The van der Waals surface area contributed by atoms with E-state index in [2.05, 4.69) is 4.99 Å². The Morgan fingerprint density at radius 1 is 1.56 bits per heavy atom. The molecule has 0 saturated heterocycles. The van der Waals surface area contributed by atoms with Crippen LogP contribution in [0.25, 0.3) is 0 Å². The predicted molar refractivity (Wildman–Crippen MR) is 75.2 cm³/mol. The molecule has 0 aromatic heterocycles. The molecular formula is C12H17N3O2S. The third-order valence-corrected chi connectivity index (χ3v) is 2.89. The summed E-state index contributed by atoms with van der Waals surface area (Å²) >= 11 is 1.46. The van der Waals surface area contributed by atoms with E-state index in [0.717, 1.165) is 11.3 Å². The van der Waals surface area contributed by atoms with E-state index >= 15 is 0 Å². The summed E-state index contributed by atoms with van der Waals surface area (Å²) in [5.41, 5.74) is 12.7. The molecule has 0 aliphatic rings. The average molecular weight is 267 g/mol. The van der Waals surface area contributed by atoms with Crippen molar-refractivity contribution in [1.29, 1.82) is 0 Å². The maximum Gasteiger partial charge on any atom is 0.320 e. The maximum atomic E-state index is 10.7. The van der Waals surface area contributed by atoms with Gasteiger partial charge in [0, 0.05) is 0 Å². The highest BCUT2D eigenvalue weighted by atomic mass is 32.2. The van der Waals surface area contributed by atoms with E-state index in [4.69, 9.17) is 16.6 Å². The SMILES string of the molecule is CCSC(N)=Nc1cccc(CC(N)C(=O)O)c1. The van der Waals surface area contributed by atoms with Crippen molar-refractivity contribution < 1.29 is 9.90 Å². The molecule has 18 heavy (non-hydrogen) atoms. The van der Waals surface area contributed by atoms with E-state index in [-0.39, 0.29) is 6.42 Å².